The molecule has 2 aromatic rings. The molecule has 0 radical (unpaired) electrons. The molecule has 1 amide bonds. The topological polar surface area (TPSA) is 45.2 Å². The van der Waals surface area contributed by atoms with E-state index >= 15 is 0 Å². The van der Waals surface area contributed by atoms with Gasteiger partial charge in [0.1, 0.15) is 4.45 Å². The number of likely N-dealkylation sites (tertiary alicyclic amines) is 1. The number of nitrogens with zero attached hydrogens (tertiary/aromatic N) is 2. The molecule has 1 aliphatic heterocycles. The molecular formula is C30H40BrN3O. The van der Waals surface area contributed by atoms with E-state index in [1.165, 1.54) is 63.4 Å². The van der Waals surface area contributed by atoms with Crippen molar-refractivity contribution in [2.24, 2.45) is 11.8 Å². The summed E-state index contributed by atoms with van der Waals surface area (Å²) in [4.78, 5) is 18.8. The number of alkyl halides is 1. The Hall–Kier alpha value is -1.98. The summed E-state index contributed by atoms with van der Waals surface area (Å²) in [5, 5.41) is 3.01. The first kappa shape index (κ1) is 26.1. The Bertz CT molecular complexity index is 921. The van der Waals surface area contributed by atoms with Crippen molar-refractivity contribution in [3.8, 4) is 0 Å². The van der Waals surface area contributed by atoms with Crippen LogP contribution in [0.4, 0.5) is 0 Å². The van der Waals surface area contributed by atoms with Gasteiger partial charge in [-0.15, -0.1) is 0 Å². The predicted molar refractivity (Wildman–Crippen MR) is 148 cm³/mol. The third-order valence-corrected chi connectivity index (χ3v) is 9.46. The van der Waals surface area contributed by atoms with Crippen molar-refractivity contribution in [3.63, 3.8) is 0 Å². The molecule has 2 aliphatic rings. The number of carbonyl (C=O) groups excluding carboxylic acids is 1. The number of nitrogens with one attached hydrogen (secondary N) is 1. The van der Waals surface area contributed by atoms with Crippen LogP contribution in [-0.2, 0) is 9.24 Å². The van der Waals surface area contributed by atoms with E-state index in [2.05, 4.69) is 61.5 Å². The van der Waals surface area contributed by atoms with Crippen LogP contribution in [0, 0.1) is 11.8 Å². The van der Waals surface area contributed by atoms with Gasteiger partial charge in [-0.2, -0.15) is 0 Å². The van der Waals surface area contributed by atoms with Crippen molar-refractivity contribution in [1.82, 2.24) is 15.2 Å². The molecule has 2 heterocycles. The molecule has 1 N–H and O–H groups in total. The molecule has 1 aromatic heterocycles. The normalized spacial score (nSPS) is 20.0. The summed E-state index contributed by atoms with van der Waals surface area (Å²) in [5.41, 5.74) is 2.37. The first-order valence-electron chi connectivity index (χ1n) is 13.5. The van der Waals surface area contributed by atoms with Crippen molar-refractivity contribution in [2.75, 3.05) is 19.6 Å². The van der Waals surface area contributed by atoms with E-state index in [1.807, 2.05) is 18.2 Å². The minimum atomic E-state index is -0.0283. The Balaban J connectivity index is 1.19. The maximum atomic E-state index is 12.0. The lowest BCUT2D eigenvalue weighted by Crippen LogP contribution is -2.50. The molecule has 1 unspecified atom stereocenters. The van der Waals surface area contributed by atoms with Crippen molar-refractivity contribution < 1.29 is 4.79 Å². The van der Waals surface area contributed by atoms with E-state index < -0.39 is 0 Å². The van der Waals surface area contributed by atoms with Gasteiger partial charge in [0.25, 0.3) is 0 Å². The second-order valence-corrected chi connectivity index (χ2v) is 11.4. The van der Waals surface area contributed by atoms with Gasteiger partial charge in [-0.05, 0) is 67.2 Å². The summed E-state index contributed by atoms with van der Waals surface area (Å²) >= 11 is 4.33. The summed E-state index contributed by atoms with van der Waals surface area (Å²) in [7, 11) is 0. The number of piperidine rings is 1. The Morgan fingerprint density at radius 1 is 1.03 bits per heavy atom. The highest BCUT2D eigenvalue weighted by Crippen LogP contribution is 2.49. The Morgan fingerprint density at radius 2 is 1.80 bits per heavy atom. The monoisotopic (exact) mass is 537 g/mol. The van der Waals surface area contributed by atoms with Crippen LogP contribution in [0.25, 0.3) is 6.08 Å². The number of hydrogen-bond donors (Lipinski definition) is 1. The highest BCUT2D eigenvalue weighted by atomic mass is 79.9. The highest BCUT2D eigenvalue weighted by Gasteiger charge is 2.44. The van der Waals surface area contributed by atoms with Crippen molar-refractivity contribution in [2.45, 2.75) is 68.7 Å². The minimum absolute atomic E-state index is 0.0206. The fourth-order valence-electron chi connectivity index (χ4n) is 5.86. The van der Waals surface area contributed by atoms with Gasteiger partial charge in [-0.3, -0.25) is 14.7 Å². The predicted octanol–water partition coefficient (Wildman–Crippen LogP) is 6.92. The van der Waals surface area contributed by atoms with Gasteiger partial charge in [0.15, 0.2) is 0 Å². The standard InChI is InChI=1S/C30H40BrN3O/c31-30(27-12-3-1-4-13-27,28-14-5-2-6-15-28)34-22-18-25(19-23-34)10-7-8-21-33-29(35)17-16-26-11-9-20-32-24-26/h1,3-4,9,11-13,16-17,20,24-25,28H,2,5-8,10,14-15,18-19,21-23H2,(H,33,35). The van der Waals surface area contributed by atoms with Crippen LogP contribution < -0.4 is 5.32 Å². The van der Waals surface area contributed by atoms with Crippen molar-refractivity contribution in [3.05, 3.63) is 72.1 Å². The number of hydrogen-bond acceptors (Lipinski definition) is 3. The maximum absolute atomic E-state index is 12.0. The fourth-order valence-corrected chi connectivity index (χ4v) is 6.93. The zero-order valence-corrected chi connectivity index (χ0v) is 22.5. The third-order valence-electron chi connectivity index (χ3n) is 7.85. The van der Waals surface area contributed by atoms with Gasteiger partial charge >= 0.3 is 0 Å². The van der Waals surface area contributed by atoms with Crippen LogP contribution in [0.15, 0.2) is 60.9 Å². The lowest BCUT2D eigenvalue weighted by atomic mass is 9.79. The molecule has 2 fully saturated rings. The van der Waals surface area contributed by atoms with Gasteiger partial charge in [0.2, 0.25) is 5.91 Å². The van der Waals surface area contributed by atoms with Crippen molar-refractivity contribution in [1.29, 1.82) is 0 Å². The van der Waals surface area contributed by atoms with E-state index in [0.29, 0.717) is 5.92 Å². The van der Waals surface area contributed by atoms with Gasteiger partial charge in [-0.25, -0.2) is 0 Å². The first-order chi connectivity index (χ1) is 17.2. The van der Waals surface area contributed by atoms with Gasteiger partial charge in [0, 0.05) is 38.1 Å². The molecule has 1 saturated carbocycles. The van der Waals surface area contributed by atoms with E-state index in [-0.39, 0.29) is 10.4 Å². The third kappa shape index (κ3) is 7.27. The zero-order chi connectivity index (χ0) is 24.3. The average molecular weight is 539 g/mol. The largest absolute Gasteiger partial charge is 0.353 e. The smallest absolute Gasteiger partial charge is 0.243 e. The first-order valence-corrected chi connectivity index (χ1v) is 14.3. The molecule has 4 rings (SSSR count). The number of aromatic nitrogens is 1. The minimum Gasteiger partial charge on any atom is -0.353 e. The molecule has 1 aliphatic carbocycles. The van der Waals surface area contributed by atoms with Crippen LogP contribution in [0.3, 0.4) is 0 Å². The van der Waals surface area contributed by atoms with E-state index in [9.17, 15) is 4.79 Å². The number of rotatable bonds is 10. The fraction of sp³-hybridized carbons (Fsp3) is 0.533. The van der Waals surface area contributed by atoms with Crippen LogP contribution in [0.5, 0.6) is 0 Å². The SMILES string of the molecule is O=C(C=Cc1cccnc1)NCCCCC1CCN(C(Br)(c2ccccc2)C2CCCCC2)CC1. The lowest BCUT2D eigenvalue weighted by Gasteiger charge is -2.49. The molecule has 35 heavy (non-hydrogen) atoms. The van der Waals surface area contributed by atoms with Crippen LogP contribution in [0.2, 0.25) is 0 Å². The Labute approximate surface area is 219 Å². The summed E-state index contributed by atoms with van der Waals surface area (Å²) in [6.45, 7) is 3.07. The number of unbranched alkanes of at least 4 members (excludes halogenated alkanes) is 1. The van der Waals surface area contributed by atoms with Crippen LogP contribution >= 0.6 is 15.9 Å². The second kappa shape index (κ2) is 13.4. The summed E-state index contributed by atoms with van der Waals surface area (Å²) < 4.78 is -0.0206. The Kier molecular flexibility index (Phi) is 9.96. The van der Waals surface area contributed by atoms with Gasteiger partial charge in [0.05, 0.1) is 0 Å². The number of amides is 1. The molecule has 0 bridgehead atoms. The molecule has 1 saturated heterocycles. The number of halogens is 1. The summed E-state index contributed by atoms with van der Waals surface area (Å²) in [5.74, 6) is 1.46. The number of pyridine rings is 1. The lowest BCUT2D eigenvalue weighted by molar-refractivity contribution is -0.116. The molecular weight excluding hydrogens is 498 g/mol. The van der Waals surface area contributed by atoms with E-state index in [4.69, 9.17) is 0 Å². The van der Waals surface area contributed by atoms with Gasteiger partial charge < -0.3 is 5.32 Å². The van der Waals surface area contributed by atoms with E-state index in [0.717, 1.165) is 37.5 Å². The van der Waals surface area contributed by atoms with E-state index in [1.54, 1.807) is 18.5 Å². The summed E-state index contributed by atoms with van der Waals surface area (Å²) in [6, 6.07) is 15.0. The van der Waals surface area contributed by atoms with Crippen LogP contribution in [0.1, 0.15) is 75.3 Å². The maximum Gasteiger partial charge on any atom is 0.243 e. The second-order valence-electron chi connectivity index (χ2n) is 10.2. The molecule has 5 heteroatoms. The summed E-state index contributed by atoms with van der Waals surface area (Å²) in [6.07, 6.45) is 19.7. The number of benzene rings is 1. The quantitative estimate of drug-likeness (QED) is 0.155. The van der Waals surface area contributed by atoms with Crippen LogP contribution in [-0.4, -0.2) is 35.4 Å². The molecule has 188 valence electrons. The zero-order valence-electron chi connectivity index (χ0n) is 20.9. The molecule has 0 spiro atoms. The van der Waals surface area contributed by atoms with Crippen molar-refractivity contribution >= 4 is 27.9 Å². The number of carbonyl (C=O) groups is 1. The van der Waals surface area contributed by atoms with Gasteiger partial charge in [-0.1, -0.05) is 84.4 Å². The average Bonchev–Trinajstić information content (AvgIpc) is 2.93. The molecule has 4 nitrogen and oxygen atoms in total. The highest BCUT2D eigenvalue weighted by molar-refractivity contribution is 9.09. The molecule has 1 atom stereocenters. The molecule has 1 aromatic carbocycles. The Morgan fingerprint density at radius 3 is 2.51 bits per heavy atom.